The summed E-state index contributed by atoms with van der Waals surface area (Å²) in [7, 11) is -3.95. The van der Waals surface area contributed by atoms with E-state index in [1.807, 2.05) is 20.8 Å². The van der Waals surface area contributed by atoms with E-state index in [0.29, 0.717) is 36.2 Å². The van der Waals surface area contributed by atoms with Crippen LogP contribution in [0.15, 0.2) is 35.5 Å². The normalized spacial score (nSPS) is 20.6. The van der Waals surface area contributed by atoms with Gasteiger partial charge in [0.25, 0.3) is 0 Å². The molecule has 3 rings (SSSR count). The number of rotatable bonds is 3. The molecule has 1 aliphatic heterocycles. The maximum absolute atomic E-state index is 12.0. The van der Waals surface area contributed by atoms with Crippen LogP contribution in [0.1, 0.15) is 39.7 Å². The molecule has 2 aromatic rings. The molecule has 1 aromatic heterocycles. The van der Waals surface area contributed by atoms with Gasteiger partial charge >= 0.3 is 6.09 Å². The van der Waals surface area contributed by atoms with Crippen LogP contribution in [0, 0.1) is 5.41 Å². The quantitative estimate of drug-likeness (QED) is 0.649. The molecule has 0 radical (unpaired) electrons. The van der Waals surface area contributed by atoms with Crippen LogP contribution in [0.2, 0.25) is 0 Å². The van der Waals surface area contributed by atoms with Crippen molar-refractivity contribution >= 4 is 21.8 Å². The number of likely N-dealkylation sites (tertiary alicyclic amines) is 1. The first kappa shape index (κ1) is 21.1. The Bertz CT molecular complexity index is 1030. The van der Waals surface area contributed by atoms with Crippen LogP contribution >= 0.6 is 0 Å². The largest absolute Gasteiger partial charge is 0.465 e. The van der Waals surface area contributed by atoms with Gasteiger partial charge in [-0.1, -0.05) is 26.8 Å². The summed E-state index contributed by atoms with van der Waals surface area (Å²) in [5, 5.41) is 19.3. The highest BCUT2D eigenvalue weighted by atomic mass is 32.2. The Morgan fingerprint density at radius 3 is 2.59 bits per heavy atom. The van der Waals surface area contributed by atoms with Crippen molar-refractivity contribution in [2.75, 3.05) is 12.3 Å². The standard InChI is InChI=1S/C19H27N5O4S/c1-19(2,3)17-9-14(6-7-23(17)18(25)26)24-11-12(10-22-24)15-5-4-13(20)8-16(15)29(21,27)28/h4-5,8,10-11,14,17H,6-7,9,20H2,1-3H3,(H,25,26)(H2,21,27,28). The molecule has 1 amide bonds. The minimum absolute atomic E-state index is 0.00953. The molecule has 0 aliphatic carbocycles. The second-order valence-corrected chi connectivity index (χ2v) is 10.1. The summed E-state index contributed by atoms with van der Waals surface area (Å²) in [6, 6.07) is 4.42. The summed E-state index contributed by atoms with van der Waals surface area (Å²) in [5.41, 5.74) is 6.86. The van der Waals surface area contributed by atoms with Crippen molar-refractivity contribution in [1.82, 2.24) is 14.7 Å². The van der Waals surface area contributed by atoms with Crippen LogP contribution in [0.25, 0.3) is 11.1 Å². The zero-order valence-corrected chi connectivity index (χ0v) is 17.6. The lowest BCUT2D eigenvalue weighted by Gasteiger charge is -2.44. The van der Waals surface area contributed by atoms with E-state index in [2.05, 4.69) is 5.10 Å². The fourth-order valence-corrected chi connectivity index (χ4v) is 4.72. The van der Waals surface area contributed by atoms with Gasteiger partial charge in [-0.2, -0.15) is 5.10 Å². The number of sulfonamides is 1. The summed E-state index contributed by atoms with van der Waals surface area (Å²) in [6.45, 7) is 6.49. The van der Waals surface area contributed by atoms with Crippen molar-refractivity contribution in [3.8, 4) is 11.1 Å². The summed E-state index contributed by atoms with van der Waals surface area (Å²) in [6.07, 6.45) is 3.71. The van der Waals surface area contributed by atoms with Crippen LogP contribution in [-0.4, -0.2) is 46.9 Å². The van der Waals surface area contributed by atoms with E-state index in [0.717, 1.165) is 0 Å². The maximum atomic E-state index is 12.0. The predicted octanol–water partition coefficient (Wildman–Crippen LogP) is 2.51. The van der Waals surface area contributed by atoms with Crippen molar-refractivity contribution in [3.05, 3.63) is 30.6 Å². The van der Waals surface area contributed by atoms with Crippen molar-refractivity contribution in [1.29, 1.82) is 0 Å². The van der Waals surface area contributed by atoms with E-state index < -0.39 is 16.1 Å². The monoisotopic (exact) mass is 421 g/mol. The topological polar surface area (TPSA) is 145 Å². The summed E-state index contributed by atoms with van der Waals surface area (Å²) in [5.74, 6) is 0. The van der Waals surface area contributed by atoms with Crippen molar-refractivity contribution in [2.24, 2.45) is 10.6 Å². The van der Waals surface area contributed by atoms with Gasteiger partial charge in [-0.25, -0.2) is 18.4 Å². The zero-order valence-electron chi connectivity index (χ0n) is 16.7. The van der Waals surface area contributed by atoms with Crippen LogP contribution in [0.3, 0.4) is 0 Å². The smallest absolute Gasteiger partial charge is 0.407 e. The molecule has 1 aromatic carbocycles. The van der Waals surface area contributed by atoms with Gasteiger partial charge in [-0.15, -0.1) is 0 Å². The number of piperidine rings is 1. The van der Waals surface area contributed by atoms with Gasteiger partial charge in [0.15, 0.2) is 0 Å². The molecule has 2 unspecified atom stereocenters. The lowest BCUT2D eigenvalue weighted by molar-refractivity contribution is 0.0408. The van der Waals surface area contributed by atoms with E-state index in [-0.39, 0.29) is 22.4 Å². The Morgan fingerprint density at radius 2 is 2.00 bits per heavy atom. The average Bonchev–Trinajstić information content (AvgIpc) is 3.09. The van der Waals surface area contributed by atoms with E-state index in [4.69, 9.17) is 10.9 Å². The van der Waals surface area contributed by atoms with E-state index in [1.54, 1.807) is 29.2 Å². The molecule has 1 aliphatic rings. The molecule has 29 heavy (non-hydrogen) atoms. The number of carboxylic acid groups (broad SMARTS) is 1. The van der Waals surface area contributed by atoms with E-state index >= 15 is 0 Å². The Morgan fingerprint density at radius 1 is 1.31 bits per heavy atom. The first-order valence-electron chi connectivity index (χ1n) is 9.34. The maximum Gasteiger partial charge on any atom is 0.407 e. The molecule has 0 bridgehead atoms. The highest BCUT2D eigenvalue weighted by molar-refractivity contribution is 7.89. The lowest BCUT2D eigenvalue weighted by atomic mass is 9.79. The van der Waals surface area contributed by atoms with Gasteiger partial charge in [0.1, 0.15) is 0 Å². The zero-order chi connectivity index (χ0) is 21.6. The minimum Gasteiger partial charge on any atom is -0.465 e. The Hall–Kier alpha value is -2.59. The van der Waals surface area contributed by atoms with Crippen LogP contribution in [-0.2, 0) is 10.0 Å². The van der Waals surface area contributed by atoms with E-state index in [1.165, 1.54) is 11.0 Å². The average molecular weight is 422 g/mol. The number of nitrogens with zero attached hydrogens (tertiary/aromatic N) is 3. The highest BCUT2D eigenvalue weighted by Gasteiger charge is 2.39. The number of carbonyl (C=O) groups is 1. The molecular formula is C19H27N5O4S. The number of hydrogen-bond donors (Lipinski definition) is 3. The highest BCUT2D eigenvalue weighted by Crippen LogP contribution is 2.37. The van der Waals surface area contributed by atoms with Gasteiger partial charge in [0.05, 0.1) is 17.1 Å². The van der Waals surface area contributed by atoms with E-state index in [9.17, 15) is 18.3 Å². The van der Waals surface area contributed by atoms with Gasteiger partial charge in [0, 0.05) is 35.6 Å². The molecule has 10 heteroatoms. The minimum atomic E-state index is -3.95. The molecule has 1 saturated heterocycles. The third-order valence-corrected chi connectivity index (χ3v) is 6.37. The molecular weight excluding hydrogens is 394 g/mol. The Labute approximate surface area is 170 Å². The second-order valence-electron chi connectivity index (χ2n) is 8.55. The molecule has 9 nitrogen and oxygen atoms in total. The van der Waals surface area contributed by atoms with Gasteiger partial charge in [0.2, 0.25) is 10.0 Å². The van der Waals surface area contributed by atoms with Gasteiger partial charge in [-0.3, -0.25) is 4.68 Å². The Kier molecular flexibility index (Phi) is 5.35. The first-order valence-corrected chi connectivity index (χ1v) is 10.9. The summed E-state index contributed by atoms with van der Waals surface area (Å²) in [4.78, 5) is 13.1. The number of amides is 1. The second kappa shape index (κ2) is 7.34. The molecule has 0 spiro atoms. The number of primary sulfonamides is 1. The lowest BCUT2D eigenvalue weighted by Crippen LogP contribution is -2.51. The molecule has 158 valence electrons. The number of nitrogen functional groups attached to an aromatic ring is 1. The molecule has 2 heterocycles. The van der Waals surface area contributed by atoms with Crippen molar-refractivity contribution in [3.63, 3.8) is 0 Å². The fraction of sp³-hybridized carbons (Fsp3) is 0.474. The first-order chi connectivity index (χ1) is 13.4. The van der Waals surface area contributed by atoms with Gasteiger partial charge in [-0.05, 0) is 30.4 Å². The number of anilines is 1. The third-order valence-electron chi connectivity index (χ3n) is 5.42. The number of benzene rings is 1. The molecule has 5 N–H and O–H groups in total. The van der Waals surface area contributed by atoms with Crippen LogP contribution in [0.4, 0.5) is 10.5 Å². The number of nitrogens with two attached hydrogens (primary N) is 2. The molecule has 0 saturated carbocycles. The van der Waals surface area contributed by atoms with Crippen LogP contribution < -0.4 is 10.9 Å². The number of hydrogen-bond acceptors (Lipinski definition) is 5. The van der Waals surface area contributed by atoms with Gasteiger partial charge < -0.3 is 15.7 Å². The predicted molar refractivity (Wildman–Crippen MR) is 110 cm³/mol. The molecule has 1 fully saturated rings. The third kappa shape index (κ3) is 4.38. The summed E-state index contributed by atoms with van der Waals surface area (Å²) >= 11 is 0. The number of aromatic nitrogens is 2. The van der Waals surface area contributed by atoms with Crippen LogP contribution in [0.5, 0.6) is 0 Å². The van der Waals surface area contributed by atoms with Crippen molar-refractivity contribution in [2.45, 2.75) is 50.6 Å². The fourth-order valence-electron chi connectivity index (χ4n) is 3.93. The molecule has 2 atom stereocenters. The van der Waals surface area contributed by atoms with Crippen molar-refractivity contribution < 1.29 is 18.3 Å². The Balaban J connectivity index is 1.93. The summed E-state index contributed by atoms with van der Waals surface area (Å²) < 4.78 is 25.7. The SMILES string of the molecule is CC(C)(C)C1CC(n2cc(-c3ccc(N)cc3S(N)(=O)=O)cn2)CCN1C(=O)O.